The molecule has 19 heavy (non-hydrogen) atoms. The Balaban J connectivity index is 2.55. The normalized spacial score (nSPS) is 24.9. The minimum Gasteiger partial charge on any atom is -0.315 e. The highest BCUT2D eigenvalue weighted by molar-refractivity contribution is 4.84. The van der Waals surface area contributed by atoms with Crippen LogP contribution in [0.1, 0.15) is 72.1 Å². The molecule has 0 radical (unpaired) electrons. The molecule has 0 aliphatic carbocycles. The molecule has 1 rings (SSSR count). The Morgan fingerprint density at radius 3 is 2.47 bits per heavy atom. The van der Waals surface area contributed by atoms with Gasteiger partial charge in [0, 0.05) is 12.1 Å². The van der Waals surface area contributed by atoms with Gasteiger partial charge in [0.1, 0.15) is 0 Å². The molecule has 1 heterocycles. The van der Waals surface area contributed by atoms with E-state index in [1.165, 1.54) is 64.5 Å². The molecule has 114 valence electrons. The predicted molar refractivity (Wildman–Crippen MR) is 85.7 cm³/mol. The third-order valence-electron chi connectivity index (χ3n) is 4.90. The molecule has 1 N–H and O–H groups in total. The van der Waals surface area contributed by atoms with Crippen LogP contribution in [0.3, 0.4) is 0 Å². The zero-order chi connectivity index (χ0) is 14.1. The first-order valence-electron chi connectivity index (χ1n) is 8.68. The topological polar surface area (TPSA) is 15.3 Å². The summed E-state index contributed by atoms with van der Waals surface area (Å²) in [6.45, 7) is 9.64. The summed E-state index contributed by atoms with van der Waals surface area (Å²) < 4.78 is 0. The van der Waals surface area contributed by atoms with Crippen LogP contribution in [0, 0.1) is 5.92 Å². The summed E-state index contributed by atoms with van der Waals surface area (Å²) in [5.41, 5.74) is 0. The van der Waals surface area contributed by atoms with Crippen LogP contribution in [0.15, 0.2) is 0 Å². The van der Waals surface area contributed by atoms with E-state index >= 15 is 0 Å². The van der Waals surface area contributed by atoms with E-state index in [0.717, 1.165) is 12.0 Å². The smallest absolute Gasteiger partial charge is 0.0246 e. The summed E-state index contributed by atoms with van der Waals surface area (Å²) in [6, 6.07) is 1.42. The Bertz CT molecular complexity index is 217. The van der Waals surface area contributed by atoms with E-state index in [1.807, 2.05) is 0 Å². The van der Waals surface area contributed by atoms with E-state index in [9.17, 15) is 0 Å². The molecule has 3 unspecified atom stereocenters. The molecule has 0 aromatic carbocycles. The van der Waals surface area contributed by atoms with E-state index in [0.29, 0.717) is 6.04 Å². The number of nitrogens with zero attached hydrogens (tertiary/aromatic N) is 1. The van der Waals surface area contributed by atoms with Gasteiger partial charge in [-0.05, 0) is 58.2 Å². The summed E-state index contributed by atoms with van der Waals surface area (Å²) in [4.78, 5) is 2.78. The lowest BCUT2D eigenvalue weighted by molar-refractivity contribution is 0.153. The lowest BCUT2D eigenvalue weighted by atomic mass is 9.95. The van der Waals surface area contributed by atoms with Crippen molar-refractivity contribution < 1.29 is 0 Å². The molecule has 1 saturated heterocycles. The van der Waals surface area contributed by atoms with Crippen LogP contribution in [-0.2, 0) is 0 Å². The van der Waals surface area contributed by atoms with Crippen LogP contribution >= 0.6 is 0 Å². The van der Waals surface area contributed by atoms with E-state index < -0.39 is 0 Å². The van der Waals surface area contributed by atoms with Gasteiger partial charge in [0.15, 0.2) is 0 Å². The number of rotatable bonds is 8. The maximum Gasteiger partial charge on any atom is 0.0246 e. The molecular weight excluding hydrogens is 232 g/mol. The maximum atomic E-state index is 3.57. The second kappa shape index (κ2) is 9.77. The van der Waals surface area contributed by atoms with Crippen molar-refractivity contribution in [3.8, 4) is 0 Å². The van der Waals surface area contributed by atoms with Gasteiger partial charge >= 0.3 is 0 Å². The van der Waals surface area contributed by atoms with Gasteiger partial charge in [0.2, 0.25) is 0 Å². The van der Waals surface area contributed by atoms with Crippen LogP contribution in [-0.4, -0.2) is 37.1 Å². The molecule has 1 aliphatic rings. The molecule has 0 aromatic heterocycles. The third-order valence-corrected chi connectivity index (χ3v) is 4.90. The van der Waals surface area contributed by atoms with Gasteiger partial charge in [-0.25, -0.2) is 0 Å². The van der Waals surface area contributed by atoms with Crippen LogP contribution in [0.4, 0.5) is 0 Å². The number of hydrogen-bond acceptors (Lipinski definition) is 2. The van der Waals surface area contributed by atoms with E-state index in [4.69, 9.17) is 0 Å². The van der Waals surface area contributed by atoms with Crippen LogP contribution in [0.25, 0.3) is 0 Å². The molecule has 2 nitrogen and oxygen atoms in total. The number of likely N-dealkylation sites (N-methyl/N-ethyl adjacent to an activating group) is 1. The molecule has 1 aliphatic heterocycles. The zero-order valence-corrected chi connectivity index (χ0v) is 13.8. The molecular formula is C17H36N2. The maximum absolute atomic E-state index is 3.57. The summed E-state index contributed by atoms with van der Waals surface area (Å²) in [6.07, 6.45) is 11.0. The van der Waals surface area contributed by atoms with Crippen LogP contribution < -0.4 is 5.32 Å². The molecule has 0 spiro atoms. The van der Waals surface area contributed by atoms with Crippen LogP contribution in [0.5, 0.6) is 0 Å². The first-order chi connectivity index (χ1) is 9.26. The minimum absolute atomic E-state index is 0.678. The van der Waals surface area contributed by atoms with Gasteiger partial charge in [-0.3, -0.25) is 4.90 Å². The van der Waals surface area contributed by atoms with E-state index in [1.54, 1.807) is 0 Å². The zero-order valence-electron chi connectivity index (χ0n) is 13.8. The minimum atomic E-state index is 0.678. The lowest BCUT2D eigenvalue weighted by Crippen LogP contribution is -2.49. The van der Waals surface area contributed by atoms with Crippen molar-refractivity contribution in [1.29, 1.82) is 0 Å². The monoisotopic (exact) mass is 268 g/mol. The molecule has 0 aromatic rings. The summed E-state index contributed by atoms with van der Waals surface area (Å²) in [5.74, 6) is 0.992. The molecule has 0 saturated carbocycles. The number of nitrogens with one attached hydrogen (secondary N) is 1. The van der Waals surface area contributed by atoms with Crippen molar-refractivity contribution in [3.05, 3.63) is 0 Å². The number of hydrogen-bond donors (Lipinski definition) is 1. The highest BCUT2D eigenvalue weighted by Gasteiger charge is 2.26. The van der Waals surface area contributed by atoms with Crippen molar-refractivity contribution in [2.75, 3.05) is 20.1 Å². The van der Waals surface area contributed by atoms with Gasteiger partial charge in [-0.2, -0.15) is 0 Å². The lowest BCUT2D eigenvalue weighted by Gasteiger charge is -2.36. The fraction of sp³-hybridized carbons (Fsp3) is 1.00. The van der Waals surface area contributed by atoms with Crippen molar-refractivity contribution in [2.24, 2.45) is 5.92 Å². The van der Waals surface area contributed by atoms with Crippen molar-refractivity contribution in [3.63, 3.8) is 0 Å². The second-order valence-corrected chi connectivity index (χ2v) is 6.28. The Hall–Kier alpha value is -0.0800. The Kier molecular flexibility index (Phi) is 8.72. The van der Waals surface area contributed by atoms with Gasteiger partial charge in [-0.15, -0.1) is 0 Å². The Morgan fingerprint density at radius 2 is 1.89 bits per heavy atom. The largest absolute Gasteiger partial charge is 0.315 e. The summed E-state index contributed by atoms with van der Waals surface area (Å²) >= 11 is 0. The van der Waals surface area contributed by atoms with Crippen LogP contribution in [0.2, 0.25) is 0 Å². The summed E-state index contributed by atoms with van der Waals surface area (Å²) in [5, 5.41) is 3.57. The summed E-state index contributed by atoms with van der Waals surface area (Å²) in [7, 11) is 2.14. The predicted octanol–water partition coefficient (Wildman–Crippen LogP) is 4.06. The van der Waals surface area contributed by atoms with Gasteiger partial charge in [-0.1, -0.05) is 40.0 Å². The fourth-order valence-corrected chi connectivity index (χ4v) is 3.85. The first kappa shape index (κ1) is 17.0. The standard InChI is InChI=1S/C17H36N2/c1-5-9-15-11-8-13-19(14-12-15)17(7-3)16(18-4)10-6-2/h15-18H,5-14H2,1-4H3. The highest BCUT2D eigenvalue weighted by Crippen LogP contribution is 2.25. The van der Waals surface area contributed by atoms with Crippen molar-refractivity contribution in [2.45, 2.75) is 84.2 Å². The molecule has 2 heteroatoms. The van der Waals surface area contributed by atoms with E-state index in [2.05, 4.69) is 38.0 Å². The SMILES string of the molecule is CCCC1CCCN(C(CC)C(CCC)NC)CC1. The van der Waals surface area contributed by atoms with Gasteiger partial charge in [0.05, 0.1) is 0 Å². The number of likely N-dealkylation sites (tertiary alicyclic amines) is 1. The molecule has 0 amide bonds. The first-order valence-corrected chi connectivity index (χ1v) is 8.68. The van der Waals surface area contributed by atoms with Crippen molar-refractivity contribution in [1.82, 2.24) is 10.2 Å². The quantitative estimate of drug-likeness (QED) is 0.714. The van der Waals surface area contributed by atoms with Crippen molar-refractivity contribution >= 4 is 0 Å². The van der Waals surface area contributed by atoms with Gasteiger partial charge in [0.25, 0.3) is 0 Å². The average molecular weight is 268 g/mol. The molecule has 1 fully saturated rings. The second-order valence-electron chi connectivity index (χ2n) is 6.28. The average Bonchev–Trinajstić information content (AvgIpc) is 2.65. The Morgan fingerprint density at radius 1 is 1.11 bits per heavy atom. The van der Waals surface area contributed by atoms with E-state index in [-0.39, 0.29) is 0 Å². The Labute approximate surface area is 121 Å². The highest BCUT2D eigenvalue weighted by atomic mass is 15.2. The molecule has 3 atom stereocenters. The third kappa shape index (κ3) is 5.43. The van der Waals surface area contributed by atoms with Gasteiger partial charge < -0.3 is 5.32 Å². The fourth-order valence-electron chi connectivity index (χ4n) is 3.85. The molecule has 0 bridgehead atoms.